The maximum absolute atomic E-state index is 12.6. The molecule has 0 fully saturated rings. The smallest absolute Gasteiger partial charge is 0.275 e. The average Bonchev–Trinajstić information content (AvgIpc) is 2.28. The van der Waals surface area contributed by atoms with Crippen LogP contribution in [0.2, 0.25) is 0 Å². The summed E-state index contributed by atoms with van der Waals surface area (Å²) in [5.74, 6) is -1.12. The van der Waals surface area contributed by atoms with E-state index in [-0.39, 0.29) is 11.4 Å². The molecule has 0 unspecified atom stereocenters. The number of nitrogens with zero attached hydrogens (tertiary/aromatic N) is 3. The molecule has 0 atom stereocenters. The maximum atomic E-state index is 12.6. The molecule has 1 aromatic rings. The number of rotatable bonds is 4. The van der Waals surface area contributed by atoms with Crippen LogP contribution in [-0.4, -0.2) is 16.7 Å². The van der Waals surface area contributed by atoms with Crippen LogP contribution in [0.5, 0.6) is 0 Å². The topological polar surface area (TPSA) is 50.2 Å². The first-order chi connectivity index (χ1) is 7.93. The van der Waals surface area contributed by atoms with Crippen molar-refractivity contribution in [2.45, 2.75) is 15.0 Å². The van der Waals surface area contributed by atoms with Gasteiger partial charge in [0.2, 0.25) is 5.82 Å². The predicted octanol–water partition coefficient (Wildman–Crippen LogP) is 3.39. The average molecular weight is 470 g/mol. The Morgan fingerprint density at radius 3 is 1.94 bits per heavy atom. The van der Waals surface area contributed by atoms with Gasteiger partial charge < -0.3 is 0 Å². The van der Waals surface area contributed by atoms with Crippen LogP contribution < -0.4 is 5.43 Å². The summed E-state index contributed by atoms with van der Waals surface area (Å²) in [4.78, 5) is 6.98. The van der Waals surface area contributed by atoms with E-state index in [0.717, 1.165) is 0 Å². The largest absolute Gasteiger partial charge is 0.451 e. The minimum absolute atomic E-state index is 0.270. The van der Waals surface area contributed by atoms with Crippen LogP contribution in [0.15, 0.2) is 5.10 Å². The lowest BCUT2D eigenvalue weighted by Crippen LogP contribution is -2.15. The molecule has 0 aliphatic heterocycles. The van der Waals surface area contributed by atoms with Gasteiger partial charge in [-0.05, 0) is 0 Å². The lowest BCUT2D eigenvalue weighted by Gasteiger charge is -2.13. The number of nitrogens with one attached hydrogen (secondary N) is 1. The van der Waals surface area contributed by atoms with Gasteiger partial charge in [0, 0.05) is 15.6 Å². The first kappa shape index (κ1) is 14.9. The van der Waals surface area contributed by atoms with Crippen molar-refractivity contribution in [3.05, 3.63) is 17.2 Å². The normalized spacial score (nSPS) is 11.4. The fourth-order valence-electron chi connectivity index (χ4n) is 1.09. The molecule has 0 saturated heterocycles. The number of hydrogen-bond acceptors (Lipinski definition) is 4. The highest BCUT2D eigenvalue weighted by atomic mass is 127. The molecule has 0 aromatic carbocycles. The molecule has 1 rings (SSSR count). The fraction of sp³-hybridized carbons (Fsp3) is 0.375. The highest BCUT2D eigenvalue weighted by molar-refractivity contribution is 14.1. The van der Waals surface area contributed by atoms with Crippen molar-refractivity contribution < 1.29 is 13.2 Å². The molecule has 94 valence electrons. The van der Waals surface area contributed by atoms with Gasteiger partial charge in [-0.1, -0.05) is 45.2 Å². The number of aromatic nitrogens is 2. The zero-order valence-electron chi connectivity index (χ0n) is 8.35. The van der Waals surface area contributed by atoms with Crippen molar-refractivity contribution >= 4 is 57.6 Å². The van der Waals surface area contributed by atoms with Gasteiger partial charge in [-0.25, -0.2) is 9.97 Å². The van der Waals surface area contributed by atoms with Gasteiger partial charge in [-0.15, -0.1) is 0 Å². The fourth-order valence-corrected chi connectivity index (χ4v) is 2.19. The number of anilines is 1. The van der Waals surface area contributed by atoms with Gasteiger partial charge in [-0.2, -0.15) is 18.3 Å². The zero-order valence-corrected chi connectivity index (χ0v) is 12.7. The van der Waals surface area contributed by atoms with Crippen molar-refractivity contribution in [2.75, 3.05) is 5.43 Å². The second-order valence-corrected chi connectivity index (χ2v) is 4.38. The molecule has 1 heterocycles. The molecule has 0 saturated carbocycles. The van der Waals surface area contributed by atoms with Crippen LogP contribution in [0.1, 0.15) is 17.2 Å². The Hall–Kier alpha value is -0.200. The molecule has 1 N–H and O–H groups in total. The standard InChI is InChI=1S/C8H7F3I2N4/c1-14-17-6-4(2-12)15-7(8(9,10)11)16-5(6)3-13/h17H,1-3H2. The molecular weight excluding hydrogens is 463 g/mol. The van der Waals surface area contributed by atoms with Crippen LogP contribution in [0.25, 0.3) is 0 Å². The van der Waals surface area contributed by atoms with E-state index in [1.54, 1.807) is 0 Å². The predicted molar refractivity (Wildman–Crippen MR) is 75.7 cm³/mol. The molecule has 4 nitrogen and oxygen atoms in total. The van der Waals surface area contributed by atoms with E-state index in [2.05, 4.69) is 27.2 Å². The molecule has 0 spiro atoms. The third kappa shape index (κ3) is 3.63. The summed E-state index contributed by atoms with van der Waals surface area (Å²) < 4.78 is 38.3. The van der Waals surface area contributed by atoms with Crippen LogP contribution in [0.4, 0.5) is 18.9 Å². The van der Waals surface area contributed by atoms with Crippen molar-refractivity contribution in [3.8, 4) is 0 Å². The van der Waals surface area contributed by atoms with E-state index in [0.29, 0.717) is 14.5 Å². The van der Waals surface area contributed by atoms with Gasteiger partial charge in [0.15, 0.2) is 0 Å². The van der Waals surface area contributed by atoms with Gasteiger partial charge >= 0.3 is 6.18 Å². The monoisotopic (exact) mass is 470 g/mol. The number of hydrazone groups is 1. The summed E-state index contributed by atoms with van der Waals surface area (Å²) in [6.07, 6.45) is -4.54. The summed E-state index contributed by atoms with van der Waals surface area (Å²) in [5, 5.41) is 3.45. The van der Waals surface area contributed by atoms with Crippen molar-refractivity contribution in [2.24, 2.45) is 5.10 Å². The Morgan fingerprint density at radius 2 is 1.65 bits per heavy atom. The minimum atomic E-state index is -4.54. The Bertz CT molecular complexity index is 397. The quantitative estimate of drug-likeness (QED) is 0.318. The third-order valence-corrected chi connectivity index (χ3v) is 3.20. The van der Waals surface area contributed by atoms with E-state index in [9.17, 15) is 13.2 Å². The molecular formula is C8H7F3I2N4. The van der Waals surface area contributed by atoms with Gasteiger partial charge in [0.25, 0.3) is 0 Å². The second-order valence-electron chi connectivity index (χ2n) is 2.85. The van der Waals surface area contributed by atoms with Gasteiger partial charge in [-0.3, -0.25) is 5.43 Å². The number of alkyl halides is 5. The first-order valence-corrected chi connectivity index (χ1v) is 7.29. The highest BCUT2D eigenvalue weighted by Gasteiger charge is 2.36. The second kappa shape index (κ2) is 6.11. The lowest BCUT2D eigenvalue weighted by atomic mass is 10.3. The SMILES string of the molecule is C=NNc1c(CI)nc(C(F)(F)F)nc1CI. The molecule has 0 amide bonds. The van der Waals surface area contributed by atoms with E-state index < -0.39 is 12.0 Å². The first-order valence-electron chi connectivity index (χ1n) is 4.24. The molecule has 9 heteroatoms. The van der Waals surface area contributed by atoms with Crippen LogP contribution >= 0.6 is 45.2 Å². The van der Waals surface area contributed by atoms with Crippen LogP contribution in [0.3, 0.4) is 0 Å². The molecule has 0 bridgehead atoms. The third-order valence-electron chi connectivity index (χ3n) is 1.76. The molecule has 0 aliphatic rings. The summed E-state index contributed by atoms with van der Waals surface area (Å²) in [5.41, 5.74) is 3.48. The van der Waals surface area contributed by atoms with E-state index in [4.69, 9.17) is 0 Å². The van der Waals surface area contributed by atoms with E-state index >= 15 is 0 Å². The van der Waals surface area contributed by atoms with Crippen LogP contribution in [0, 0.1) is 0 Å². The van der Waals surface area contributed by atoms with E-state index in [1.165, 1.54) is 0 Å². The minimum Gasteiger partial charge on any atom is -0.275 e. The Labute approximate surface area is 123 Å². The van der Waals surface area contributed by atoms with Gasteiger partial charge in [0.05, 0.1) is 11.4 Å². The van der Waals surface area contributed by atoms with Crippen molar-refractivity contribution in [1.29, 1.82) is 0 Å². The zero-order chi connectivity index (χ0) is 13.1. The highest BCUT2D eigenvalue weighted by Crippen LogP contribution is 2.30. The molecule has 0 aliphatic carbocycles. The summed E-state index contributed by atoms with van der Waals surface area (Å²) in [6, 6.07) is 0. The van der Waals surface area contributed by atoms with Crippen LogP contribution in [-0.2, 0) is 15.0 Å². The number of hydrogen-bond donors (Lipinski definition) is 1. The number of halogens is 5. The maximum Gasteiger partial charge on any atom is 0.451 e. The van der Waals surface area contributed by atoms with E-state index in [1.807, 2.05) is 45.2 Å². The Balaban J connectivity index is 3.38. The molecule has 17 heavy (non-hydrogen) atoms. The van der Waals surface area contributed by atoms with Gasteiger partial charge in [0.1, 0.15) is 5.69 Å². The summed E-state index contributed by atoms with van der Waals surface area (Å²) >= 11 is 3.87. The molecule has 1 aromatic heterocycles. The van der Waals surface area contributed by atoms with Crippen molar-refractivity contribution in [1.82, 2.24) is 9.97 Å². The summed E-state index contributed by atoms with van der Waals surface area (Å²) in [7, 11) is 0. The van der Waals surface area contributed by atoms with Crippen molar-refractivity contribution in [3.63, 3.8) is 0 Å². The molecule has 0 radical (unpaired) electrons. The summed E-state index contributed by atoms with van der Waals surface area (Å²) in [6.45, 7) is 3.23. The Kier molecular flexibility index (Phi) is 5.34. The Morgan fingerprint density at radius 1 is 1.18 bits per heavy atom. The lowest BCUT2D eigenvalue weighted by molar-refractivity contribution is -0.145.